The summed E-state index contributed by atoms with van der Waals surface area (Å²) in [5.41, 5.74) is 5.93. The van der Waals surface area contributed by atoms with E-state index in [1.54, 1.807) is 6.07 Å². The molecule has 19 heavy (non-hydrogen) atoms. The Kier molecular flexibility index (Phi) is 6.38. The first kappa shape index (κ1) is 15.5. The van der Waals surface area contributed by atoms with E-state index >= 15 is 0 Å². The second-order valence-corrected chi connectivity index (χ2v) is 4.41. The van der Waals surface area contributed by atoms with E-state index in [1.165, 1.54) is 12.1 Å². The van der Waals surface area contributed by atoms with Crippen molar-refractivity contribution in [2.75, 3.05) is 18.5 Å². The van der Waals surface area contributed by atoms with Gasteiger partial charge >= 0.3 is 0 Å². The number of halogens is 1. The van der Waals surface area contributed by atoms with Crippen LogP contribution < -0.4 is 11.1 Å². The van der Waals surface area contributed by atoms with Crippen LogP contribution in [0.4, 0.5) is 10.1 Å². The Hall–Kier alpha value is -1.53. The summed E-state index contributed by atoms with van der Waals surface area (Å²) in [5.74, 6) is -0.855. The molecular formula is C13H17FN2O2S. The Labute approximate surface area is 117 Å². The third-order valence-corrected chi connectivity index (χ3v) is 2.59. The highest BCUT2D eigenvalue weighted by Gasteiger charge is 2.08. The number of nitrogens with two attached hydrogens (primary N) is 1. The summed E-state index contributed by atoms with van der Waals surface area (Å²) in [6.45, 7) is 2.93. The molecule has 0 saturated heterocycles. The summed E-state index contributed by atoms with van der Waals surface area (Å²) >= 11 is 4.74. The smallest absolute Gasteiger partial charge is 0.226 e. The number of benzene rings is 1. The molecule has 0 aromatic heterocycles. The highest BCUT2D eigenvalue weighted by atomic mass is 32.1. The fraction of sp³-hybridized carbons (Fsp3) is 0.385. The number of hydrogen-bond acceptors (Lipinski definition) is 3. The Morgan fingerprint density at radius 2 is 2.21 bits per heavy atom. The molecule has 1 amide bonds. The first-order valence-corrected chi connectivity index (χ1v) is 6.42. The van der Waals surface area contributed by atoms with Crippen LogP contribution >= 0.6 is 12.2 Å². The zero-order chi connectivity index (χ0) is 14.3. The van der Waals surface area contributed by atoms with Crippen LogP contribution in [0.15, 0.2) is 18.2 Å². The Morgan fingerprint density at radius 3 is 2.79 bits per heavy atom. The van der Waals surface area contributed by atoms with Gasteiger partial charge in [-0.2, -0.15) is 0 Å². The van der Waals surface area contributed by atoms with Gasteiger partial charge in [-0.3, -0.25) is 4.79 Å². The number of amides is 1. The minimum Gasteiger partial charge on any atom is -0.389 e. The third-order valence-electron chi connectivity index (χ3n) is 2.35. The molecule has 0 aliphatic rings. The van der Waals surface area contributed by atoms with Gasteiger partial charge in [0, 0.05) is 12.2 Å². The zero-order valence-electron chi connectivity index (χ0n) is 10.7. The maximum Gasteiger partial charge on any atom is 0.226 e. The highest BCUT2D eigenvalue weighted by molar-refractivity contribution is 7.80. The maximum absolute atomic E-state index is 13.7. The number of anilines is 1. The summed E-state index contributed by atoms with van der Waals surface area (Å²) < 4.78 is 18.8. The monoisotopic (exact) mass is 284 g/mol. The standard InChI is InChI=1S/C13H17FN2O2S/c1-2-6-18-7-5-12(17)16-11-4-3-9(13(15)19)8-10(11)14/h3-4,8H,2,5-7H2,1H3,(H2,15,19)(H,16,17). The molecule has 0 spiro atoms. The molecule has 4 nitrogen and oxygen atoms in total. The van der Waals surface area contributed by atoms with Crippen LogP contribution in [0.5, 0.6) is 0 Å². The fourth-order valence-corrected chi connectivity index (χ4v) is 1.52. The van der Waals surface area contributed by atoms with E-state index in [2.05, 4.69) is 5.32 Å². The lowest BCUT2D eigenvalue weighted by molar-refractivity contribution is -0.117. The highest BCUT2D eigenvalue weighted by Crippen LogP contribution is 2.16. The number of hydrogen-bond donors (Lipinski definition) is 2. The first-order chi connectivity index (χ1) is 9.04. The van der Waals surface area contributed by atoms with Crippen molar-refractivity contribution in [1.82, 2.24) is 0 Å². The predicted octanol–water partition coefficient (Wildman–Crippen LogP) is 2.22. The molecule has 0 unspecified atom stereocenters. The van der Waals surface area contributed by atoms with Crippen molar-refractivity contribution in [3.63, 3.8) is 0 Å². The Balaban J connectivity index is 2.52. The molecule has 0 atom stereocenters. The van der Waals surface area contributed by atoms with Crippen LogP contribution in [0, 0.1) is 5.82 Å². The lowest BCUT2D eigenvalue weighted by Gasteiger charge is -2.08. The maximum atomic E-state index is 13.7. The molecule has 0 aliphatic carbocycles. The number of ether oxygens (including phenoxy) is 1. The average Bonchev–Trinajstić information content (AvgIpc) is 2.37. The molecule has 6 heteroatoms. The second-order valence-electron chi connectivity index (χ2n) is 3.97. The molecule has 104 valence electrons. The molecule has 1 rings (SSSR count). The number of carbonyl (C=O) groups is 1. The predicted molar refractivity (Wildman–Crippen MR) is 76.6 cm³/mol. The van der Waals surface area contributed by atoms with E-state index in [1.807, 2.05) is 6.92 Å². The molecular weight excluding hydrogens is 267 g/mol. The van der Waals surface area contributed by atoms with Gasteiger partial charge in [-0.05, 0) is 24.6 Å². The minimum atomic E-state index is -0.562. The van der Waals surface area contributed by atoms with Crippen LogP contribution in [0.3, 0.4) is 0 Å². The van der Waals surface area contributed by atoms with Crippen LogP contribution in [0.25, 0.3) is 0 Å². The molecule has 1 aromatic rings. The minimum absolute atomic E-state index is 0.112. The van der Waals surface area contributed by atoms with E-state index < -0.39 is 5.82 Å². The van der Waals surface area contributed by atoms with Crippen molar-refractivity contribution in [2.45, 2.75) is 19.8 Å². The van der Waals surface area contributed by atoms with Gasteiger partial charge in [0.25, 0.3) is 0 Å². The number of nitrogens with one attached hydrogen (secondary N) is 1. The number of thiocarbonyl (C=S) groups is 1. The normalized spacial score (nSPS) is 10.2. The molecule has 3 N–H and O–H groups in total. The van der Waals surface area contributed by atoms with Crippen molar-refractivity contribution in [1.29, 1.82) is 0 Å². The van der Waals surface area contributed by atoms with Gasteiger partial charge in [0.15, 0.2) is 0 Å². The van der Waals surface area contributed by atoms with E-state index in [0.29, 0.717) is 18.8 Å². The molecule has 0 radical (unpaired) electrons. The fourth-order valence-electron chi connectivity index (χ4n) is 1.39. The molecule has 0 bridgehead atoms. The molecule has 0 aliphatic heterocycles. The molecule has 0 fully saturated rings. The van der Waals surface area contributed by atoms with E-state index in [4.69, 9.17) is 22.7 Å². The van der Waals surface area contributed by atoms with E-state index in [9.17, 15) is 9.18 Å². The zero-order valence-corrected chi connectivity index (χ0v) is 11.6. The summed E-state index contributed by atoms with van der Waals surface area (Å²) in [6.07, 6.45) is 1.09. The summed E-state index contributed by atoms with van der Waals surface area (Å²) in [4.78, 5) is 11.7. The average molecular weight is 284 g/mol. The van der Waals surface area contributed by atoms with Crippen molar-refractivity contribution >= 4 is 28.8 Å². The van der Waals surface area contributed by atoms with E-state index in [-0.39, 0.29) is 23.0 Å². The Morgan fingerprint density at radius 1 is 1.47 bits per heavy atom. The lowest BCUT2D eigenvalue weighted by Crippen LogP contribution is -2.16. The molecule has 0 heterocycles. The topological polar surface area (TPSA) is 64.3 Å². The third kappa shape index (κ3) is 5.32. The summed E-state index contributed by atoms with van der Waals surface area (Å²) in [6, 6.07) is 4.20. The number of carbonyl (C=O) groups excluding carboxylic acids is 1. The van der Waals surface area contributed by atoms with Gasteiger partial charge in [-0.25, -0.2) is 4.39 Å². The van der Waals surface area contributed by atoms with Crippen LogP contribution in [0.2, 0.25) is 0 Å². The SMILES string of the molecule is CCCOCCC(=O)Nc1ccc(C(N)=S)cc1F. The summed E-state index contributed by atoms with van der Waals surface area (Å²) in [5, 5.41) is 2.48. The first-order valence-electron chi connectivity index (χ1n) is 6.01. The molecule has 1 aromatic carbocycles. The number of rotatable bonds is 7. The van der Waals surface area contributed by atoms with E-state index in [0.717, 1.165) is 6.42 Å². The van der Waals surface area contributed by atoms with Gasteiger partial charge < -0.3 is 15.8 Å². The van der Waals surface area contributed by atoms with Crippen LogP contribution in [-0.4, -0.2) is 24.1 Å². The van der Waals surface area contributed by atoms with Crippen molar-refractivity contribution in [3.05, 3.63) is 29.6 Å². The van der Waals surface area contributed by atoms with Gasteiger partial charge in [0.05, 0.1) is 18.7 Å². The van der Waals surface area contributed by atoms with Crippen LogP contribution in [-0.2, 0) is 9.53 Å². The van der Waals surface area contributed by atoms with Gasteiger partial charge in [-0.1, -0.05) is 19.1 Å². The second kappa shape index (κ2) is 7.81. The van der Waals surface area contributed by atoms with Gasteiger partial charge in [-0.15, -0.1) is 0 Å². The van der Waals surface area contributed by atoms with Crippen LogP contribution in [0.1, 0.15) is 25.3 Å². The van der Waals surface area contributed by atoms with Gasteiger partial charge in [0.1, 0.15) is 10.8 Å². The lowest BCUT2D eigenvalue weighted by atomic mass is 10.2. The largest absolute Gasteiger partial charge is 0.389 e. The van der Waals surface area contributed by atoms with Crippen molar-refractivity contribution in [3.8, 4) is 0 Å². The summed E-state index contributed by atoms with van der Waals surface area (Å²) in [7, 11) is 0. The molecule has 0 saturated carbocycles. The quantitative estimate of drug-likeness (QED) is 0.595. The van der Waals surface area contributed by atoms with Crippen molar-refractivity contribution < 1.29 is 13.9 Å². The van der Waals surface area contributed by atoms with Gasteiger partial charge in [0.2, 0.25) is 5.91 Å². The van der Waals surface area contributed by atoms with Crippen molar-refractivity contribution in [2.24, 2.45) is 5.73 Å². The Bertz CT molecular complexity index is 466.